The van der Waals surface area contributed by atoms with Crippen LogP contribution in [-0.4, -0.2) is 27.5 Å². The standard InChI is InChI=1S/C16H29N3O/c1-8-17-14(12-10-19(7)18-11(12)2)13-9-15(3,4)20-16(13,5)6/h10,13-14,17H,8-9H2,1-7H3. The fourth-order valence-electron chi connectivity index (χ4n) is 3.74. The molecule has 1 aliphatic heterocycles. The van der Waals surface area contributed by atoms with E-state index in [9.17, 15) is 0 Å². The number of nitrogens with zero attached hydrogens (tertiary/aromatic N) is 2. The Balaban J connectivity index is 2.36. The molecular formula is C16H29N3O. The van der Waals surface area contributed by atoms with Gasteiger partial charge >= 0.3 is 0 Å². The summed E-state index contributed by atoms with van der Waals surface area (Å²) >= 11 is 0. The summed E-state index contributed by atoms with van der Waals surface area (Å²) in [5, 5.41) is 8.16. The zero-order valence-electron chi connectivity index (χ0n) is 13.9. The van der Waals surface area contributed by atoms with Gasteiger partial charge in [-0.2, -0.15) is 5.10 Å². The van der Waals surface area contributed by atoms with E-state index >= 15 is 0 Å². The highest BCUT2D eigenvalue weighted by Crippen LogP contribution is 2.47. The Bertz CT molecular complexity index is 476. The van der Waals surface area contributed by atoms with Crippen LogP contribution in [0.1, 0.15) is 58.3 Å². The fourth-order valence-corrected chi connectivity index (χ4v) is 3.74. The molecule has 0 amide bonds. The third kappa shape index (κ3) is 2.91. The molecule has 0 aliphatic carbocycles. The highest BCUT2D eigenvalue weighted by Gasteiger charge is 2.49. The van der Waals surface area contributed by atoms with Crippen molar-refractivity contribution in [3.8, 4) is 0 Å². The summed E-state index contributed by atoms with van der Waals surface area (Å²) in [6.45, 7) is 14.0. The van der Waals surface area contributed by atoms with Crippen LogP contribution in [0.5, 0.6) is 0 Å². The van der Waals surface area contributed by atoms with Crippen molar-refractivity contribution in [3.63, 3.8) is 0 Å². The van der Waals surface area contributed by atoms with Gasteiger partial charge in [-0.15, -0.1) is 0 Å². The number of nitrogens with one attached hydrogen (secondary N) is 1. The lowest BCUT2D eigenvalue weighted by molar-refractivity contribution is -0.0778. The topological polar surface area (TPSA) is 39.1 Å². The van der Waals surface area contributed by atoms with Crippen LogP contribution in [0.4, 0.5) is 0 Å². The molecule has 1 N–H and O–H groups in total. The van der Waals surface area contributed by atoms with Gasteiger partial charge < -0.3 is 10.1 Å². The predicted molar refractivity (Wildman–Crippen MR) is 81.7 cm³/mol. The van der Waals surface area contributed by atoms with Crippen molar-refractivity contribution in [2.24, 2.45) is 13.0 Å². The number of aryl methyl sites for hydroxylation is 2. The lowest BCUT2D eigenvalue weighted by Crippen LogP contribution is -2.38. The van der Waals surface area contributed by atoms with Crippen LogP contribution in [0.3, 0.4) is 0 Å². The van der Waals surface area contributed by atoms with Gasteiger partial charge in [0.2, 0.25) is 0 Å². The van der Waals surface area contributed by atoms with Crippen LogP contribution in [-0.2, 0) is 11.8 Å². The van der Waals surface area contributed by atoms with E-state index < -0.39 is 0 Å². The molecule has 0 aromatic carbocycles. The second-order valence-electron chi connectivity index (χ2n) is 7.15. The monoisotopic (exact) mass is 279 g/mol. The molecule has 4 heteroatoms. The van der Waals surface area contributed by atoms with E-state index in [4.69, 9.17) is 4.74 Å². The minimum Gasteiger partial charge on any atom is -0.369 e. The Hall–Kier alpha value is -0.870. The normalized spacial score (nSPS) is 25.9. The van der Waals surface area contributed by atoms with E-state index in [2.05, 4.69) is 58.2 Å². The Morgan fingerprint density at radius 3 is 2.50 bits per heavy atom. The SMILES string of the molecule is CCNC(c1cn(C)nc1C)C1CC(C)(C)OC1(C)C. The van der Waals surface area contributed by atoms with Gasteiger partial charge in [-0.25, -0.2) is 0 Å². The summed E-state index contributed by atoms with van der Waals surface area (Å²) in [7, 11) is 1.99. The number of ether oxygens (including phenoxy) is 1. The maximum Gasteiger partial charge on any atom is 0.0681 e. The van der Waals surface area contributed by atoms with Crippen molar-refractivity contribution in [2.75, 3.05) is 6.54 Å². The average Bonchev–Trinajstić information content (AvgIpc) is 2.71. The Morgan fingerprint density at radius 2 is 2.10 bits per heavy atom. The van der Waals surface area contributed by atoms with Gasteiger partial charge in [0.15, 0.2) is 0 Å². The first-order valence-corrected chi connectivity index (χ1v) is 7.60. The summed E-state index contributed by atoms with van der Waals surface area (Å²) in [5.41, 5.74) is 2.23. The maximum atomic E-state index is 6.28. The molecule has 114 valence electrons. The molecule has 1 aliphatic rings. The number of rotatable bonds is 4. The molecule has 2 heterocycles. The first kappa shape index (κ1) is 15.5. The molecule has 0 radical (unpaired) electrons. The zero-order chi connectivity index (χ0) is 15.1. The molecule has 2 atom stereocenters. The molecule has 0 spiro atoms. The molecule has 2 unspecified atom stereocenters. The van der Waals surface area contributed by atoms with Crippen molar-refractivity contribution in [3.05, 3.63) is 17.5 Å². The summed E-state index contributed by atoms with van der Waals surface area (Å²) in [6.07, 6.45) is 3.20. The minimum absolute atomic E-state index is 0.0576. The van der Waals surface area contributed by atoms with Gasteiger partial charge in [-0.05, 0) is 47.6 Å². The summed E-state index contributed by atoms with van der Waals surface area (Å²) in [4.78, 5) is 0. The molecule has 1 fully saturated rings. The van der Waals surface area contributed by atoms with Crippen molar-refractivity contribution in [1.82, 2.24) is 15.1 Å². The van der Waals surface area contributed by atoms with E-state index in [1.54, 1.807) is 0 Å². The number of aromatic nitrogens is 2. The number of hydrogen-bond donors (Lipinski definition) is 1. The van der Waals surface area contributed by atoms with Gasteiger partial charge in [0.25, 0.3) is 0 Å². The van der Waals surface area contributed by atoms with E-state index in [1.165, 1.54) is 5.56 Å². The molecule has 2 rings (SSSR count). The average molecular weight is 279 g/mol. The van der Waals surface area contributed by atoms with Crippen LogP contribution in [0.15, 0.2) is 6.20 Å². The van der Waals surface area contributed by atoms with Gasteiger partial charge in [-0.1, -0.05) is 6.92 Å². The molecule has 4 nitrogen and oxygen atoms in total. The number of hydrogen-bond acceptors (Lipinski definition) is 3. The van der Waals surface area contributed by atoms with Gasteiger partial charge in [0.05, 0.1) is 16.9 Å². The fraction of sp³-hybridized carbons (Fsp3) is 0.812. The predicted octanol–water partition coefficient (Wildman–Crippen LogP) is 2.97. The Morgan fingerprint density at radius 1 is 1.45 bits per heavy atom. The third-order valence-electron chi connectivity index (χ3n) is 4.36. The van der Waals surface area contributed by atoms with Crippen molar-refractivity contribution >= 4 is 0 Å². The molecule has 0 bridgehead atoms. The van der Waals surface area contributed by atoms with Crippen LogP contribution in [0.2, 0.25) is 0 Å². The molecule has 1 aromatic heterocycles. The molecular weight excluding hydrogens is 250 g/mol. The largest absolute Gasteiger partial charge is 0.369 e. The molecule has 0 saturated carbocycles. The van der Waals surface area contributed by atoms with Crippen LogP contribution >= 0.6 is 0 Å². The quantitative estimate of drug-likeness (QED) is 0.921. The van der Waals surface area contributed by atoms with Crippen LogP contribution in [0.25, 0.3) is 0 Å². The smallest absolute Gasteiger partial charge is 0.0681 e. The molecule has 1 aromatic rings. The van der Waals surface area contributed by atoms with Crippen molar-refractivity contribution < 1.29 is 4.74 Å². The highest BCUT2D eigenvalue weighted by molar-refractivity contribution is 5.23. The van der Waals surface area contributed by atoms with E-state index in [-0.39, 0.29) is 11.2 Å². The second kappa shape index (κ2) is 5.15. The summed E-state index contributed by atoms with van der Waals surface area (Å²) < 4.78 is 8.18. The molecule has 1 saturated heterocycles. The van der Waals surface area contributed by atoms with Crippen LogP contribution in [0, 0.1) is 12.8 Å². The summed E-state index contributed by atoms with van der Waals surface area (Å²) in [6, 6.07) is 0.297. The minimum atomic E-state index is -0.126. The first-order chi connectivity index (χ1) is 9.16. The Labute approximate surface area is 122 Å². The van der Waals surface area contributed by atoms with E-state index in [0.717, 1.165) is 18.7 Å². The highest BCUT2D eigenvalue weighted by atomic mass is 16.5. The van der Waals surface area contributed by atoms with E-state index in [1.807, 2.05) is 11.7 Å². The lowest BCUT2D eigenvalue weighted by atomic mass is 9.79. The zero-order valence-corrected chi connectivity index (χ0v) is 13.9. The van der Waals surface area contributed by atoms with Crippen LogP contribution < -0.4 is 5.32 Å². The third-order valence-corrected chi connectivity index (χ3v) is 4.36. The lowest BCUT2D eigenvalue weighted by Gasteiger charge is -2.33. The maximum absolute atomic E-state index is 6.28. The van der Waals surface area contributed by atoms with Gasteiger partial charge in [0, 0.05) is 30.8 Å². The summed E-state index contributed by atoms with van der Waals surface area (Å²) in [5.74, 6) is 0.445. The van der Waals surface area contributed by atoms with Gasteiger partial charge in [0.1, 0.15) is 0 Å². The molecule has 20 heavy (non-hydrogen) atoms. The van der Waals surface area contributed by atoms with E-state index in [0.29, 0.717) is 12.0 Å². The van der Waals surface area contributed by atoms with Crippen molar-refractivity contribution in [2.45, 2.75) is 65.2 Å². The first-order valence-electron chi connectivity index (χ1n) is 7.60. The Kier molecular flexibility index (Phi) is 4.00. The second-order valence-corrected chi connectivity index (χ2v) is 7.15. The van der Waals surface area contributed by atoms with Gasteiger partial charge in [-0.3, -0.25) is 4.68 Å². The van der Waals surface area contributed by atoms with Crippen molar-refractivity contribution in [1.29, 1.82) is 0 Å².